The highest BCUT2D eigenvalue weighted by Crippen LogP contribution is 2.13. The maximum atomic E-state index is 9.10. The van der Waals surface area contributed by atoms with Crippen LogP contribution in [0.5, 0.6) is 0 Å². The van der Waals surface area contributed by atoms with E-state index in [4.69, 9.17) is 5.26 Å². The molecular formula is C16H24N2. The largest absolute Gasteiger partial charge is 0.301 e. The third-order valence-electron chi connectivity index (χ3n) is 3.36. The molecule has 98 valence electrons. The van der Waals surface area contributed by atoms with Crippen molar-refractivity contribution in [3.8, 4) is 6.07 Å². The van der Waals surface area contributed by atoms with E-state index in [2.05, 4.69) is 63.1 Å². The summed E-state index contributed by atoms with van der Waals surface area (Å²) in [4.78, 5) is 2.23. The van der Waals surface area contributed by atoms with Crippen LogP contribution in [0.15, 0.2) is 24.3 Å². The summed E-state index contributed by atoms with van der Waals surface area (Å²) >= 11 is 0. The summed E-state index contributed by atoms with van der Waals surface area (Å²) in [5, 5.41) is 9.10. The molecule has 0 N–H and O–H groups in total. The number of hydrogen-bond acceptors (Lipinski definition) is 2. The molecule has 2 nitrogen and oxygen atoms in total. The van der Waals surface area contributed by atoms with Gasteiger partial charge >= 0.3 is 0 Å². The molecule has 18 heavy (non-hydrogen) atoms. The zero-order chi connectivity index (χ0) is 13.5. The molecule has 0 spiro atoms. The Morgan fingerprint density at radius 1 is 1.17 bits per heavy atom. The van der Waals surface area contributed by atoms with Gasteiger partial charge < -0.3 is 4.90 Å². The molecule has 1 aromatic carbocycles. The van der Waals surface area contributed by atoms with Crippen LogP contribution in [0, 0.1) is 23.2 Å². The molecule has 0 radical (unpaired) electrons. The van der Waals surface area contributed by atoms with Gasteiger partial charge in [-0.1, -0.05) is 45.0 Å². The van der Waals surface area contributed by atoms with Crippen molar-refractivity contribution in [2.24, 2.45) is 11.8 Å². The van der Waals surface area contributed by atoms with Crippen LogP contribution in [0.2, 0.25) is 0 Å². The summed E-state index contributed by atoms with van der Waals surface area (Å²) in [6.07, 6.45) is 1.08. The average Bonchev–Trinajstić information content (AvgIpc) is 2.36. The summed E-state index contributed by atoms with van der Waals surface area (Å²) in [6, 6.07) is 11.1. The predicted molar refractivity (Wildman–Crippen MR) is 76.1 cm³/mol. The number of hydrogen-bond donors (Lipinski definition) is 0. The highest BCUT2D eigenvalue weighted by molar-refractivity contribution is 5.22. The molecule has 0 heterocycles. The topological polar surface area (TPSA) is 27.0 Å². The Kier molecular flexibility index (Phi) is 5.88. The number of nitrogens with zero attached hydrogens (tertiary/aromatic N) is 2. The second kappa shape index (κ2) is 7.18. The molecule has 1 atom stereocenters. The van der Waals surface area contributed by atoms with Crippen LogP contribution in [0.25, 0.3) is 0 Å². The van der Waals surface area contributed by atoms with Crippen molar-refractivity contribution in [2.45, 2.75) is 33.7 Å². The monoisotopic (exact) mass is 244 g/mol. The number of rotatable bonds is 6. The van der Waals surface area contributed by atoms with Gasteiger partial charge in [-0.05, 0) is 30.5 Å². The van der Waals surface area contributed by atoms with Crippen LogP contribution in [0.1, 0.15) is 31.9 Å². The lowest BCUT2D eigenvalue weighted by molar-refractivity contribution is 0.265. The van der Waals surface area contributed by atoms with Gasteiger partial charge in [0.2, 0.25) is 0 Å². The van der Waals surface area contributed by atoms with E-state index in [1.807, 2.05) is 0 Å². The lowest BCUT2D eigenvalue weighted by Crippen LogP contribution is -2.27. The third-order valence-corrected chi connectivity index (χ3v) is 3.36. The van der Waals surface area contributed by atoms with Gasteiger partial charge in [0.05, 0.1) is 12.0 Å². The lowest BCUT2D eigenvalue weighted by atomic mass is 9.97. The maximum Gasteiger partial charge on any atom is 0.0672 e. The molecule has 2 heteroatoms. The fourth-order valence-corrected chi connectivity index (χ4v) is 1.99. The van der Waals surface area contributed by atoms with Gasteiger partial charge in [-0.2, -0.15) is 5.26 Å². The number of benzene rings is 1. The molecule has 1 aromatic rings. The van der Waals surface area contributed by atoms with Gasteiger partial charge in [-0.3, -0.25) is 0 Å². The molecule has 0 bridgehead atoms. The first-order valence-electron chi connectivity index (χ1n) is 6.72. The normalized spacial score (nSPS) is 12.7. The minimum atomic E-state index is 0.116. The highest BCUT2D eigenvalue weighted by atomic mass is 15.1. The minimum absolute atomic E-state index is 0.116. The Hall–Kier alpha value is -1.33. The molecule has 0 aliphatic carbocycles. The van der Waals surface area contributed by atoms with Gasteiger partial charge in [-0.15, -0.1) is 0 Å². The van der Waals surface area contributed by atoms with Gasteiger partial charge in [0.25, 0.3) is 0 Å². The lowest BCUT2D eigenvalue weighted by Gasteiger charge is -2.22. The van der Waals surface area contributed by atoms with Crippen molar-refractivity contribution < 1.29 is 0 Å². The average molecular weight is 244 g/mol. The molecule has 0 aliphatic heterocycles. The fourth-order valence-electron chi connectivity index (χ4n) is 1.99. The van der Waals surface area contributed by atoms with E-state index in [1.54, 1.807) is 0 Å². The summed E-state index contributed by atoms with van der Waals surface area (Å²) in [7, 11) is 2.08. The zero-order valence-corrected chi connectivity index (χ0v) is 12.0. The molecule has 0 aromatic heterocycles. The first kappa shape index (κ1) is 14.7. The van der Waals surface area contributed by atoms with Crippen LogP contribution in [-0.2, 0) is 13.0 Å². The second-order valence-corrected chi connectivity index (χ2v) is 5.35. The molecule has 0 fully saturated rings. The molecular weight excluding hydrogens is 220 g/mol. The van der Waals surface area contributed by atoms with Crippen molar-refractivity contribution in [1.82, 2.24) is 4.90 Å². The van der Waals surface area contributed by atoms with E-state index in [-0.39, 0.29) is 5.92 Å². The van der Waals surface area contributed by atoms with Crippen molar-refractivity contribution in [1.29, 1.82) is 5.26 Å². The Morgan fingerprint density at radius 3 is 2.17 bits per heavy atom. The van der Waals surface area contributed by atoms with Crippen LogP contribution in [-0.4, -0.2) is 18.5 Å². The first-order chi connectivity index (χ1) is 8.56. The van der Waals surface area contributed by atoms with E-state index in [1.165, 1.54) is 11.1 Å². The number of nitriles is 1. The summed E-state index contributed by atoms with van der Waals surface area (Å²) in [6.45, 7) is 8.13. The van der Waals surface area contributed by atoms with Crippen molar-refractivity contribution in [3.63, 3.8) is 0 Å². The van der Waals surface area contributed by atoms with E-state index < -0.39 is 0 Å². The van der Waals surface area contributed by atoms with Gasteiger partial charge in [0, 0.05) is 13.1 Å². The smallest absolute Gasteiger partial charge is 0.0672 e. The van der Waals surface area contributed by atoms with Gasteiger partial charge in [0.1, 0.15) is 0 Å². The zero-order valence-electron chi connectivity index (χ0n) is 12.0. The molecule has 0 saturated carbocycles. The van der Waals surface area contributed by atoms with Crippen LogP contribution in [0.4, 0.5) is 0 Å². The Balaban J connectivity index is 2.53. The Bertz CT molecular complexity index is 387. The van der Waals surface area contributed by atoms with E-state index in [0.29, 0.717) is 5.92 Å². The van der Waals surface area contributed by atoms with Crippen molar-refractivity contribution in [2.75, 3.05) is 13.6 Å². The third kappa shape index (κ3) is 4.50. The highest BCUT2D eigenvalue weighted by Gasteiger charge is 2.14. The minimum Gasteiger partial charge on any atom is -0.301 e. The first-order valence-corrected chi connectivity index (χ1v) is 6.72. The summed E-state index contributed by atoms with van der Waals surface area (Å²) in [5.74, 6) is 0.532. The molecule has 1 rings (SSSR count). The maximum absolute atomic E-state index is 9.10. The predicted octanol–water partition coefficient (Wildman–Crippen LogP) is 3.48. The van der Waals surface area contributed by atoms with Crippen molar-refractivity contribution >= 4 is 0 Å². The SMILES string of the molecule is CCc1ccc(CN(C)CC(C#N)C(C)C)cc1. The Morgan fingerprint density at radius 2 is 1.72 bits per heavy atom. The second-order valence-electron chi connectivity index (χ2n) is 5.35. The van der Waals surface area contributed by atoms with Crippen LogP contribution in [0.3, 0.4) is 0 Å². The van der Waals surface area contributed by atoms with E-state index in [9.17, 15) is 0 Å². The van der Waals surface area contributed by atoms with E-state index in [0.717, 1.165) is 19.5 Å². The van der Waals surface area contributed by atoms with E-state index >= 15 is 0 Å². The van der Waals surface area contributed by atoms with Crippen molar-refractivity contribution in [3.05, 3.63) is 35.4 Å². The quantitative estimate of drug-likeness (QED) is 0.766. The summed E-state index contributed by atoms with van der Waals surface area (Å²) in [5.41, 5.74) is 2.69. The van der Waals surface area contributed by atoms with Crippen LogP contribution >= 0.6 is 0 Å². The summed E-state index contributed by atoms with van der Waals surface area (Å²) < 4.78 is 0. The Labute approximate surface area is 111 Å². The number of aryl methyl sites for hydroxylation is 1. The molecule has 1 unspecified atom stereocenters. The van der Waals surface area contributed by atoms with Crippen LogP contribution < -0.4 is 0 Å². The molecule has 0 saturated heterocycles. The molecule has 0 aliphatic rings. The van der Waals surface area contributed by atoms with Gasteiger partial charge in [-0.25, -0.2) is 0 Å². The standard InChI is InChI=1S/C16H24N2/c1-5-14-6-8-15(9-7-14)11-18(4)12-16(10-17)13(2)3/h6-9,13,16H,5,11-12H2,1-4H3. The molecule has 0 amide bonds. The van der Waals surface area contributed by atoms with Gasteiger partial charge in [0.15, 0.2) is 0 Å². The fraction of sp³-hybridized carbons (Fsp3) is 0.562.